The van der Waals surface area contributed by atoms with Crippen molar-refractivity contribution >= 4 is 5.97 Å². The number of carboxylic acids is 1. The second-order valence-electron chi connectivity index (χ2n) is 6.37. The molecule has 0 aliphatic heterocycles. The molecule has 0 aliphatic carbocycles. The summed E-state index contributed by atoms with van der Waals surface area (Å²) in [6.07, 6.45) is -3.41. The Balaban J connectivity index is 1.70. The van der Waals surface area contributed by atoms with Crippen LogP contribution in [0.2, 0.25) is 0 Å². The summed E-state index contributed by atoms with van der Waals surface area (Å²) >= 11 is 0. The van der Waals surface area contributed by atoms with E-state index < -0.39 is 36.2 Å². The highest BCUT2D eigenvalue weighted by atomic mass is 19.4. The van der Waals surface area contributed by atoms with E-state index in [-0.39, 0.29) is 17.3 Å². The van der Waals surface area contributed by atoms with Crippen molar-refractivity contribution in [3.8, 4) is 22.9 Å². The lowest BCUT2D eigenvalue weighted by Gasteiger charge is -2.14. The molecule has 2 heterocycles. The van der Waals surface area contributed by atoms with Gasteiger partial charge in [-0.15, -0.1) is 0 Å². The van der Waals surface area contributed by atoms with Gasteiger partial charge in [0.05, 0.1) is 11.8 Å². The summed E-state index contributed by atoms with van der Waals surface area (Å²) in [6.45, 7) is 0.356. The van der Waals surface area contributed by atoms with E-state index in [1.807, 2.05) is 6.92 Å². The Hall–Kier alpha value is -3.63. The van der Waals surface area contributed by atoms with Crippen molar-refractivity contribution in [1.82, 2.24) is 10.1 Å². The smallest absolute Gasteiger partial charge is 0.422 e. The quantitative estimate of drug-likeness (QED) is 0.490. The molecule has 0 saturated carbocycles. The monoisotopic (exact) mass is 440 g/mol. The average molecular weight is 440 g/mol. The molecule has 7 nitrogen and oxygen atoms in total. The molecule has 1 N–H and O–H groups in total. The van der Waals surface area contributed by atoms with Crippen molar-refractivity contribution in [3.63, 3.8) is 0 Å². The van der Waals surface area contributed by atoms with Crippen molar-refractivity contribution in [1.29, 1.82) is 0 Å². The fourth-order valence-electron chi connectivity index (χ4n) is 2.61. The minimum Gasteiger partial charge on any atom is -0.481 e. The number of carbonyl (C=O) groups is 1. The number of alkyl halides is 3. The maximum absolute atomic E-state index is 13.9. The highest BCUT2D eigenvalue weighted by Gasteiger charge is 2.28. The number of aromatic nitrogens is 2. The molecule has 164 valence electrons. The molecule has 0 radical (unpaired) electrons. The first kappa shape index (κ1) is 22.1. The number of ether oxygens (including phenoxy) is 2. The standard InChI is InChI=1S/C20H16F4N2O5/c1-2-16(30-12-4-6-18(25-9-12)29-10-20(22,23)24)17-8-15(26-31-17)11-3-5-13(19(27)28)14(21)7-11/h3-9,16H,2,10H2,1H3,(H,27,28). The summed E-state index contributed by atoms with van der Waals surface area (Å²) < 4.78 is 66.0. The number of nitrogens with zero attached hydrogens (tertiary/aromatic N) is 2. The summed E-state index contributed by atoms with van der Waals surface area (Å²) in [5.74, 6) is -1.91. The van der Waals surface area contributed by atoms with Crippen LogP contribution in [0.3, 0.4) is 0 Å². The van der Waals surface area contributed by atoms with Crippen LogP contribution in [0, 0.1) is 5.82 Å². The zero-order chi connectivity index (χ0) is 22.6. The molecule has 3 aromatic rings. The van der Waals surface area contributed by atoms with E-state index in [2.05, 4.69) is 14.9 Å². The van der Waals surface area contributed by atoms with Crippen LogP contribution in [0.1, 0.15) is 35.6 Å². The maximum Gasteiger partial charge on any atom is 0.422 e. The van der Waals surface area contributed by atoms with Crippen molar-refractivity contribution in [2.75, 3.05) is 6.61 Å². The van der Waals surface area contributed by atoms with Gasteiger partial charge >= 0.3 is 12.1 Å². The number of rotatable bonds is 8. The van der Waals surface area contributed by atoms with Gasteiger partial charge in [0.15, 0.2) is 18.5 Å². The molecule has 1 unspecified atom stereocenters. The Morgan fingerprint density at radius 2 is 2.00 bits per heavy atom. The predicted molar refractivity (Wildman–Crippen MR) is 98.3 cm³/mol. The van der Waals surface area contributed by atoms with Gasteiger partial charge in [-0.2, -0.15) is 13.2 Å². The molecule has 11 heteroatoms. The predicted octanol–water partition coefficient (Wildman–Crippen LogP) is 5.05. The molecule has 2 aromatic heterocycles. The Morgan fingerprint density at radius 1 is 1.23 bits per heavy atom. The topological polar surface area (TPSA) is 94.7 Å². The van der Waals surface area contributed by atoms with Gasteiger partial charge < -0.3 is 19.1 Å². The highest BCUT2D eigenvalue weighted by Crippen LogP contribution is 2.29. The SMILES string of the molecule is CCC(Oc1ccc(OCC(F)(F)F)nc1)c1cc(-c2ccc(C(=O)O)c(F)c2)no1. The summed E-state index contributed by atoms with van der Waals surface area (Å²) in [4.78, 5) is 14.7. The molecular weight excluding hydrogens is 424 g/mol. The van der Waals surface area contributed by atoms with Crippen molar-refractivity contribution < 1.29 is 41.5 Å². The summed E-state index contributed by atoms with van der Waals surface area (Å²) in [6, 6.07) is 7.74. The van der Waals surface area contributed by atoms with Crippen LogP contribution in [0.25, 0.3) is 11.3 Å². The first-order chi connectivity index (χ1) is 14.7. The first-order valence-electron chi connectivity index (χ1n) is 8.98. The van der Waals surface area contributed by atoms with Crippen LogP contribution in [-0.2, 0) is 0 Å². The Morgan fingerprint density at radius 3 is 2.58 bits per heavy atom. The first-order valence-corrected chi connectivity index (χ1v) is 8.98. The normalized spacial score (nSPS) is 12.4. The number of hydrogen-bond acceptors (Lipinski definition) is 6. The van der Waals surface area contributed by atoms with E-state index in [0.717, 1.165) is 12.1 Å². The largest absolute Gasteiger partial charge is 0.481 e. The fraction of sp³-hybridized carbons (Fsp3) is 0.250. The third kappa shape index (κ3) is 5.71. The zero-order valence-electron chi connectivity index (χ0n) is 16.0. The van der Waals surface area contributed by atoms with Gasteiger partial charge in [0.1, 0.15) is 17.3 Å². The van der Waals surface area contributed by atoms with Gasteiger partial charge in [-0.3, -0.25) is 0 Å². The minimum absolute atomic E-state index is 0.202. The summed E-state index contributed by atoms with van der Waals surface area (Å²) in [5.41, 5.74) is 0.138. The Labute approximate surface area is 173 Å². The number of carboxylic acid groups (broad SMARTS) is 1. The maximum atomic E-state index is 13.9. The lowest BCUT2D eigenvalue weighted by Crippen LogP contribution is -2.19. The molecule has 0 bridgehead atoms. The number of halogens is 4. The Bertz CT molecular complexity index is 1050. The Kier molecular flexibility index (Phi) is 6.42. The van der Waals surface area contributed by atoms with Crippen LogP contribution < -0.4 is 9.47 Å². The second kappa shape index (κ2) is 9.02. The van der Waals surface area contributed by atoms with Gasteiger partial charge in [-0.05, 0) is 24.6 Å². The molecule has 1 atom stereocenters. The lowest BCUT2D eigenvalue weighted by molar-refractivity contribution is -0.154. The summed E-state index contributed by atoms with van der Waals surface area (Å²) in [5, 5.41) is 12.8. The molecule has 0 amide bonds. The third-order valence-corrected chi connectivity index (χ3v) is 4.08. The van der Waals surface area contributed by atoms with E-state index in [4.69, 9.17) is 14.4 Å². The average Bonchev–Trinajstić information content (AvgIpc) is 3.20. The molecule has 31 heavy (non-hydrogen) atoms. The van der Waals surface area contributed by atoms with Gasteiger partial charge in [0.2, 0.25) is 5.88 Å². The van der Waals surface area contributed by atoms with Gasteiger partial charge in [-0.25, -0.2) is 14.2 Å². The third-order valence-electron chi connectivity index (χ3n) is 4.08. The molecule has 0 saturated heterocycles. The van der Waals surface area contributed by atoms with Crippen molar-refractivity contribution in [2.24, 2.45) is 0 Å². The van der Waals surface area contributed by atoms with Crippen LogP contribution in [-0.4, -0.2) is 34.0 Å². The number of aromatic carboxylic acids is 1. The summed E-state index contributed by atoms with van der Waals surface area (Å²) in [7, 11) is 0. The van der Waals surface area contributed by atoms with Crippen LogP contribution in [0.15, 0.2) is 47.1 Å². The van der Waals surface area contributed by atoms with E-state index in [1.54, 1.807) is 0 Å². The van der Waals surface area contributed by atoms with E-state index in [1.165, 1.54) is 30.5 Å². The molecule has 1 aromatic carbocycles. The van der Waals surface area contributed by atoms with Gasteiger partial charge in [-0.1, -0.05) is 18.1 Å². The second-order valence-corrected chi connectivity index (χ2v) is 6.37. The van der Waals surface area contributed by atoms with E-state index in [0.29, 0.717) is 17.7 Å². The van der Waals surface area contributed by atoms with E-state index >= 15 is 0 Å². The molecular formula is C20H16F4N2O5. The zero-order valence-corrected chi connectivity index (χ0v) is 16.0. The number of hydrogen-bond donors (Lipinski definition) is 1. The van der Waals surface area contributed by atoms with Crippen molar-refractivity contribution in [2.45, 2.75) is 25.6 Å². The molecule has 0 fully saturated rings. The fourth-order valence-corrected chi connectivity index (χ4v) is 2.61. The van der Waals surface area contributed by atoms with Gasteiger partial charge in [0.25, 0.3) is 0 Å². The van der Waals surface area contributed by atoms with Crippen LogP contribution in [0.5, 0.6) is 11.6 Å². The highest BCUT2D eigenvalue weighted by molar-refractivity contribution is 5.88. The van der Waals surface area contributed by atoms with Crippen LogP contribution >= 0.6 is 0 Å². The van der Waals surface area contributed by atoms with E-state index in [9.17, 15) is 22.4 Å². The molecule has 0 spiro atoms. The molecule has 0 aliphatic rings. The molecule has 3 rings (SSSR count). The lowest BCUT2D eigenvalue weighted by atomic mass is 10.1. The minimum atomic E-state index is -4.47. The number of benzene rings is 1. The van der Waals surface area contributed by atoms with Gasteiger partial charge in [0, 0.05) is 17.7 Å². The van der Waals surface area contributed by atoms with Crippen molar-refractivity contribution in [3.05, 3.63) is 59.7 Å². The van der Waals surface area contributed by atoms with Crippen LogP contribution in [0.4, 0.5) is 17.6 Å². The number of pyridine rings is 1.